The first-order valence-electron chi connectivity index (χ1n) is 3.55. The molecule has 1 aliphatic carbocycles. The largest absolute Gasteiger partial charge is 0.337 e. The van der Waals surface area contributed by atoms with Gasteiger partial charge in [-0.2, -0.15) is 0 Å². The summed E-state index contributed by atoms with van der Waals surface area (Å²) >= 11 is 5.10. The van der Waals surface area contributed by atoms with Crippen LogP contribution in [-0.4, -0.2) is 9.55 Å². The molecule has 2 nitrogen and oxygen atoms in total. The van der Waals surface area contributed by atoms with Crippen LogP contribution in [0.4, 0.5) is 0 Å². The standard InChI is InChI=1S/C7H10N2S/c1-5-4-8-7(10)9(5)6-2-3-6/h4,6H,2-3H2,1H3,(H,8,10). The number of imidazole rings is 1. The Morgan fingerprint density at radius 2 is 2.40 bits per heavy atom. The van der Waals surface area contributed by atoms with Crippen molar-refractivity contribution in [2.75, 3.05) is 0 Å². The molecule has 1 aromatic rings. The molecule has 10 heavy (non-hydrogen) atoms. The molecular weight excluding hydrogens is 144 g/mol. The first-order valence-corrected chi connectivity index (χ1v) is 3.96. The summed E-state index contributed by atoms with van der Waals surface area (Å²) in [4.78, 5) is 3.04. The highest BCUT2D eigenvalue weighted by atomic mass is 32.1. The molecule has 1 aliphatic rings. The summed E-state index contributed by atoms with van der Waals surface area (Å²) in [5.41, 5.74) is 1.26. The van der Waals surface area contributed by atoms with Gasteiger partial charge in [0.2, 0.25) is 0 Å². The molecule has 0 aliphatic heterocycles. The lowest BCUT2D eigenvalue weighted by atomic mass is 10.5. The molecule has 3 heteroatoms. The van der Waals surface area contributed by atoms with Crippen molar-refractivity contribution < 1.29 is 0 Å². The highest BCUT2D eigenvalue weighted by Gasteiger charge is 2.24. The average molecular weight is 154 g/mol. The fourth-order valence-electron chi connectivity index (χ4n) is 1.25. The van der Waals surface area contributed by atoms with Gasteiger partial charge in [0.05, 0.1) is 0 Å². The van der Waals surface area contributed by atoms with E-state index >= 15 is 0 Å². The van der Waals surface area contributed by atoms with Crippen LogP contribution in [0.25, 0.3) is 0 Å². The third-order valence-corrected chi connectivity index (χ3v) is 2.23. The van der Waals surface area contributed by atoms with E-state index in [0.717, 1.165) is 4.77 Å². The fourth-order valence-corrected chi connectivity index (χ4v) is 1.60. The summed E-state index contributed by atoms with van der Waals surface area (Å²) in [5.74, 6) is 0. The summed E-state index contributed by atoms with van der Waals surface area (Å²) in [6.07, 6.45) is 4.57. The van der Waals surface area contributed by atoms with Gasteiger partial charge < -0.3 is 9.55 Å². The molecule has 0 unspecified atom stereocenters. The van der Waals surface area contributed by atoms with Crippen molar-refractivity contribution in [2.45, 2.75) is 25.8 Å². The van der Waals surface area contributed by atoms with Gasteiger partial charge in [-0.05, 0) is 32.0 Å². The summed E-state index contributed by atoms with van der Waals surface area (Å²) < 4.78 is 3.08. The van der Waals surface area contributed by atoms with Crippen molar-refractivity contribution in [3.63, 3.8) is 0 Å². The highest BCUT2D eigenvalue weighted by Crippen LogP contribution is 2.35. The minimum Gasteiger partial charge on any atom is -0.337 e. The van der Waals surface area contributed by atoms with Gasteiger partial charge in [0.15, 0.2) is 4.77 Å². The van der Waals surface area contributed by atoms with Crippen LogP contribution in [-0.2, 0) is 0 Å². The smallest absolute Gasteiger partial charge is 0.177 e. The first kappa shape index (κ1) is 6.16. The zero-order valence-electron chi connectivity index (χ0n) is 5.92. The van der Waals surface area contributed by atoms with Gasteiger partial charge in [-0.15, -0.1) is 0 Å². The zero-order valence-corrected chi connectivity index (χ0v) is 6.74. The van der Waals surface area contributed by atoms with Crippen molar-refractivity contribution in [3.05, 3.63) is 16.7 Å². The molecular formula is C7H10N2S. The SMILES string of the molecule is Cc1c[nH]c(=S)n1C1CC1. The van der Waals surface area contributed by atoms with E-state index < -0.39 is 0 Å². The minimum absolute atomic E-state index is 0.707. The van der Waals surface area contributed by atoms with E-state index in [1.165, 1.54) is 18.5 Å². The van der Waals surface area contributed by atoms with Crippen LogP contribution in [0.5, 0.6) is 0 Å². The summed E-state index contributed by atoms with van der Waals surface area (Å²) in [5, 5.41) is 0. The van der Waals surface area contributed by atoms with Crippen LogP contribution in [0.15, 0.2) is 6.20 Å². The predicted octanol–water partition coefficient (Wildman–Crippen LogP) is 2.19. The molecule has 0 bridgehead atoms. The van der Waals surface area contributed by atoms with Crippen molar-refractivity contribution in [3.8, 4) is 0 Å². The molecule has 2 rings (SSSR count). The lowest BCUT2D eigenvalue weighted by molar-refractivity contribution is 0.706. The van der Waals surface area contributed by atoms with Crippen LogP contribution in [0.3, 0.4) is 0 Å². The maximum Gasteiger partial charge on any atom is 0.177 e. The number of hydrogen-bond acceptors (Lipinski definition) is 1. The zero-order chi connectivity index (χ0) is 7.14. The Labute approximate surface area is 64.9 Å². The second kappa shape index (κ2) is 1.95. The van der Waals surface area contributed by atoms with Crippen LogP contribution in [0, 0.1) is 11.7 Å². The Morgan fingerprint density at radius 3 is 2.80 bits per heavy atom. The molecule has 54 valence electrons. The molecule has 1 heterocycles. The number of aromatic amines is 1. The lowest BCUT2D eigenvalue weighted by Crippen LogP contribution is -1.94. The summed E-state index contributed by atoms with van der Waals surface area (Å²) in [7, 11) is 0. The van der Waals surface area contributed by atoms with Gasteiger partial charge in [-0.3, -0.25) is 0 Å². The maximum atomic E-state index is 5.10. The van der Waals surface area contributed by atoms with Crippen molar-refractivity contribution in [2.24, 2.45) is 0 Å². The minimum atomic E-state index is 0.707. The van der Waals surface area contributed by atoms with Gasteiger partial charge in [0.25, 0.3) is 0 Å². The molecule has 0 saturated heterocycles. The summed E-state index contributed by atoms with van der Waals surface area (Å²) in [6, 6.07) is 0.707. The number of aryl methyl sites for hydroxylation is 1. The lowest BCUT2D eigenvalue weighted by Gasteiger charge is -1.99. The number of rotatable bonds is 1. The van der Waals surface area contributed by atoms with E-state index in [2.05, 4.69) is 16.5 Å². The van der Waals surface area contributed by atoms with E-state index in [-0.39, 0.29) is 0 Å². The maximum absolute atomic E-state index is 5.10. The molecule has 0 radical (unpaired) electrons. The van der Waals surface area contributed by atoms with E-state index in [9.17, 15) is 0 Å². The molecule has 0 atom stereocenters. The number of hydrogen-bond donors (Lipinski definition) is 1. The van der Waals surface area contributed by atoms with Crippen LogP contribution < -0.4 is 0 Å². The van der Waals surface area contributed by atoms with Gasteiger partial charge in [-0.1, -0.05) is 0 Å². The third kappa shape index (κ3) is 0.814. The monoisotopic (exact) mass is 154 g/mol. The number of H-pyrrole nitrogens is 1. The van der Waals surface area contributed by atoms with Gasteiger partial charge in [-0.25, -0.2) is 0 Å². The van der Waals surface area contributed by atoms with E-state index in [4.69, 9.17) is 12.2 Å². The second-order valence-corrected chi connectivity index (χ2v) is 3.22. The number of nitrogens with one attached hydrogen (secondary N) is 1. The molecule has 1 aromatic heterocycles. The topological polar surface area (TPSA) is 20.7 Å². The quantitative estimate of drug-likeness (QED) is 0.615. The Bertz CT molecular complexity index is 293. The predicted molar refractivity (Wildman–Crippen MR) is 42.6 cm³/mol. The van der Waals surface area contributed by atoms with E-state index in [1.54, 1.807) is 0 Å². The molecule has 1 N–H and O–H groups in total. The van der Waals surface area contributed by atoms with Crippen LogP contribution in [0.2, 0.25) is 0 Å². The first-order chi connectivity index (χ1) is 4.79. The third-order valence-electron chi connectivity index (χ3n) is 1.92. The Balaban J connectivity index is 2.54. The van der Waals surface area contributed by atoms with Crippen molar-refractivity contribution in [1.82, 2.24) is 9.55 Å². The van der Waals surface area contributed by atoms with Gasteiger partial charge in [0.1, 0.15) is 0 Å². The number of aromatic nitrogens is 2. The van der Waals surface area contributed by atoms with Crippen LogP contribution in [0.1, 0.15) is 24.6 Å². The highest BCUT2D eigenvalue weighted by molar-refractivity contribution is 7.71. The van der Waals surface area contributed by atoms with Crippen LogP contribution >= 0.6 is 12.2 Å². The number of nitrogens with zero attached hydrogens (tertiary/aromatic N) is 1. The molecule has 0 amide bonds. The van der Waals surface area contributed by atoms with Crippen molar-refractivity contribution >= 4 is 12.2 Å². The van der Waals surface area contributed by atoms with E-state index in [0.29, 0.717) is 6.04 Å². The van der Waals surface area contributed by atoms with Crippen molar-refractivity contribution in [1.29, 1.82) is 0 Å². The molecule has 0 aromatic carbocycles. The summed E-state index contributed by atoms with van der Waals surface area (Å²) in [6.45, 7) is 2.09. The Hall–Kier alpha value is -0.570. The molecule has 1 fully saturated rings. The molecule has 1 saturated carbocycles. The average Bonchev–Trinajstić information content (AvgIpc) is 2.64. The Morgan fingerprint density at radius 1 is 1.70 bits per heavy atom. The normalized spacial score (nSPS) is 17.7. The Kier molecular flexibility index (Phi) is 1.20. The molecule has 0 spiro atoms. The van der Waals surface area contributed by atoms with Gasteiger partial charge in [0, 0.05) is 17.9 Å². The van der Waals surface area contributed by atoms with Gasteiger partial charge >= 0.3 is 0 Å². The fraction of sp³-hybridized carbons (Fsp3) is 0.571. The second-order valence-electron chi connectivity index (χ2n) is 2.84. The van der Waals surface area contributed by atoms with E-state index in [1.807, 2.05) is 6.20 Å².